The van der Waals surface area contributed by atoms with Gasteiger partial charge in [0.05, 0.1) is 0 Å². The molecule has 0 heterocycles. The minimum Gasteiger partial charge on any atom is -0.403 e. The van der Waals surface area contributed by atoms with Crippen molar-refractivity contribution in [3.8, 4) is 5.75 Å². The van der Waals surface area contributed by atoms with E-state index in [4.69, 9.17) is 0 Å². The number of hydrogen-bond acceptors (Lipinski definition) is 2. The second-order valence-corrected chi connectivity index (χ2v) is 1.81. The Kier molecular flexibility index (Phi) is 5.30. The second kappa shape index (κ2) is 5.47. The van der Waals surface area contributed by atoms with Crippen molar-refractivity contribution in [2.24, 2.45) is 0 Å². The van der Waals surface area contributed by atoms with Crippen LogP contribution in [0.2, 0.25) is 0 Å². The van der Waals surface area contributed by atoms with E-state index in [0.717, 1.165) is 0 Å². The SMILES string of the molecule is O=[SH]Oc1ccccc1.[Cu]. The van der Waals surface area contributed by atoms with Crippen LogP contribution in [0.1, 0.15) is 0 Å². The van der Waals surface area contributed by atoms with Crippen molar-refractivity contribution in [3.63, 3.8) is 0 Å². The van der Waals surface area contributed by atoms with Crippen LogP contribution in [-0.2, 0) is 29.0 Å². The van der Waals surface area contributed by atoms with E-state index < -0.39 is 0 Å². The third-order valence-electron chi connectivity index (χ3n) is 0.886. The van der Waals surface area contributed by atoms with Gasteiger partial charge in [0.15, 0.2) is 11.9 Å². The van der Waals surface area contributed by atoms with Gasteiger partial charge in [0.25, 0.3) is 0 Å². The molecule has 10 heavy (non-hydrogen) atoms. The summed E-state index contributed by atoms with van der Waals surface area (Å²) in [5, 5.41) is 0. The van der Waals surface area contributed by atoms with E-state index in [0.29, 0.717) is 5.75 Å². The Morgan fingerprint density at radius 3 is 2.30 bits per heavy atom. The van der Waals surface area contributed by atoms with Crippen molar-refractivity contribution in [1.29, 1.82) is 0 Å². The first-order valence-electron chi connectivity index (χ1n) is 2.48. The molecular formula is C6H6CuO2S. The first-order chi connectivity index (χ1) is 4.43. The Morgan fingerprint density at radius 1 is 1.20 bits per heavy atom. The molecule has 0 atom stereocenters. The maximum atomic E-state index is 9.85. The summed E-state index contributed by atoms with van der Waals surface area (Å²) < 4.78 is 14.5. The zero-order chi connectivity index (χ0) is 6.53. The molecule has 1 aromatic rings. The first kappa shape index (κ1) is 9.69. The minimum absolute atomic E-state index is 0. The summed E-state index contributed by atoms with van der Waals surface area (Å²) in [5.74, 6) is 0.620. The maximum absolute atomic E-state index is 9.85. The van der Waals surface area contributed by atoms with Gasteiger partial charge in [-0.2, -0.15) is 0 Å². The van der Waals surface area contributed by atoms with Crippen molar-refractivity contribution < 1.29 is 25.5 Å². The Balaban J connectivity index is 0.000000810. The number of thiol groups is 1. The monoisotopic (exact) mass is 205 g/mol. The van der Waals surface area contributed by atoms with Gasteiger partial charge >= 0.3 is 0 Å². The van der Waals surface area contributed by atoms with E-state index in [2.05, 4.69) is 4.18 Å². The Labute approximate surface area is 73.8 Å². The summed E-state index contributed by atoms with van der Waals surface area (Å²) in [6.07, 6.45) is 0. The van der Waals surface area contributed by atoms with Gasteiger partial charge < -0.3 is 4.18 Å². The van der Waals surface area contributed by atoms with Gasteiger partial charge in [0.1, 0.15) is 5.75 Å². The van der Waals surface area contributed by atoms with E-state index in [9.17, 15) is 4.21 Å². The Morgan fingerprint density at radius 2 is 1.80 bits per heavy atom. The van der Waals surface area contributed by atoms with Gasteiger partial charge in [-0.1, -0.05) is 18.2 Å². The van der Waals surface area contributed by atoms with Gasteiger partial charge in [-0.25, -0.2) is 4.21 Å². The molecule has 0 saturated heterocycles. The average molecular weight is 206 g/mol. The normalized spacial score (nSPS) is 8.00. The molecule has 4 heteroatoms. The van der Waals surface area contributed by atoms with Gasteiger partial charge in [0.2, 0.25) is 0 Å². The third-order valence-corrected chi connectivity index (χ3v) is 1.17. The fraction of sp³-hybridized carbons (Fsp3) is 0. The molecule has 0 saturated carbocycles. The van der Waals surface area contributed by atoms with Crippen molar-refractivity contribution in [3.05, 3.63) is 30.3 Å². The van der Waals surface area contributed by atoms with Gasteiger partial charge in [0, 0.05) is 17.1 Å². The van der Waals surface area contributed by atoms with Gasteiger partial charge in [-0.3, -0.25) is 0 Å². The Hall–Kier alpha value is -0.311. The summed E-state index contributed by atoms with van der Waals surface area (Å²) in [7, 11) is 0. The fourth-order valence-electron chi connectivity index (χ4n) is 0.524. The van der Waals surface area contributed by atoms with Crippen LogP contribution in [0.25, 0.3) is 0 Å². The van der Waals surface area contributed by atoms with Crippen LogP contribution in [0.3, 0.4) is 0 Å². The predicted molar refractivity (Wildman–Crippen MR) is 36.6 cm³/mol. The van der Waals surface area contributed by atoms with E-state index in [-0.39, 0.29) is 29.0 Å². The molecule has 1 aromatic carbocycles. The molecule has 0 N–H and O–H groups in total. The number of para-hydroxylation sites is 1. The predicted octanol–water partition coefficient (Wildman–Crippen LogP) is 0.923. The van der Waals surface area contributed by atoms with Crippen LogP contribution in [0.15, 0.2) is 30.3 Å². The summed E-state index contributed by atoms with van der Waals surface area (Å²) in [5.41, 5.74) is 0. The molecule has 0 fully saturated rings. The van der Waals surface area contributed by atoms with Crippen LogP contribution in [0, 0.1) is 0 Å². The number of rotatable bonds is 2. The third kappa shape index (κ3) is 3.01. The summed E-state index contributed by atoms with van der Waals surface area (Å²) >= 11 is -0.305. The fourth-order valence-corrected chi connectivity index (χ4v) is 0.732. The van der Waals surface area contributed by atoms with E-state index in [1.54, 1.807) is 12.1 Å². The maximum Gasteiger partial charge on any atom is 0.193 e. The molecule has 59 valence electrons. The van der Waals surface area contributed by atoms with Crippen molar-refractivity contribution in [2.75, 3.05) is 0 Å². The van der Waals surface area contributed by atoms with Gasteiger partial charge in [-0.15, -0.1) is 0 Å². The molecular weight excluding hydrogens is 200 g/mol. The van der Waals surface area contributed by atoms with Crippen LogP contribution in [0.4, 0.5) is 0 Å². The summed E-state index contributed by atoms with van der Waals surface area (Å²) in [6.45, 7) is 0. The van der Waals surface area contributed by atoms with Gasteiger partial charge in [-0.05, 0) is 12.1 Å². The minimum atomic E-state index is -0.305. The molecule has 0 amide bonds. The smallest absolute Gasteiger partial charge is 0.193 e. The Bertz CT molecular complexity index is 190. The van der Waals surface area contributed by atoms with Crippen molar-refractivity contribution in [1.82, 2.24) is 0 Å². The molecule has 0 aromatic heterocycles. The van der Waals surface area contributed by atoms with Crippen molar-refractivity contribution in [2.45, 2.75) is 0 Å². The summed E-state index contributed by atoms with van der Waals surface area (Å²) in [4.78, 5) is 0. The van der Waals surface area contributed by atoms with E-state index in [1.807, 2.05) is 18.2 Å². The van der Waals surface area contributed by atoms with Crippen LogP contribution in [-0.4, -0.2) is 4.21 Å². The molecule has 1 rings (SSSR count). The zero-order valence-electron chi connectivity index (χ0n) is 4.95. The average Bonchev–Trinajstić information content (AvgIpc) is 1.91. The molecule has 0 bridgehead atoms. The first-order valence-corrected chi connectivity index (χ1v) is 3.21. The molecule has 0 aliphatic carbocycles. The van der Waals surface area contributed by atoms with Crippen LogP contribution in [0.5, 0.6) is 5.75 Å². The van der Waals surface area contributed by atoms with Crippen LogP contribution >= 0.6 is 0 Å². The topological polar surface area (TPSA) is 26.3 Å². The zero-order valence-corrected chi connectivity index (χ0v) is 6.79. The van der Waals surface area contributed by atoms with Crippen LogP contribution < -0.4 is 4.18 Å². The molecule has 0 spiro atoms. The molecule has 0 aliphatic heterocycles. The second-order valence-electron chi connectivity index (χ2n) is 1.48. The molecule has 1 radical (unpaired) electrons. The van der Waals surface area contributed by atoms with Crippen molar-refractivity contribution >= 4 is 11.9 Å². The number of benzene rings is 1. The largest absolute Gasteiger partial charge is 0.403 e. The molecule has 0 unspecified atom stereocenters. The number of hydrogen-bond donors (Lipinski definition) is 1. The van der Waals surface area contributed by atoms with E-state index in [1.165, 1.54) is 0 Å². The van der Waals surface area contributed by atoms with E-state index >= 15 is 0 Å². The molecule has 2 nitrogen and oxygen atoms in total. The quantitative estimate of drug-likeness (QED) is 0.574. The summed E-state index contributed by atoms with van der Waals surface area (Å²) in [6, 6.07) is 8.99. The molecule has 0 aliphatic rings. The standard InChI is InChI=1S/C6H6O2S.Cu/c7-9-8-6-4-2-1-3-5-6;/h1-5,9H;.